The highest BCUT2D eigenvalue weighted by Gasteiger charge is 2.18. The summed E-state index contributed by atoms with van der Waals surface area (Å²) in [5, 5.41) is 1.11. The fourth-order valence-electron chi connectivity index (χ4n) is 4.18. The van der Waals surface area contributed by atoms with Crippen LogP contribution in [0.1, 0.15) is 70.8 Å². The number of likely N-dealkylation sites (tertiary alicyclic amines) is 1. The number of unbranched alkanes of at least 4 members (excludes halogenated alkanes) is 5. The molecule has 0 saturated carbocycles. The molecule has 26 heavy (non-hydrogen) atoms. The highest BCUT2D eigenvalue weighted by molar-refractivity contribution is 5.84. The number of aromatic nitrogens is 1. The molecule has 1 saturated heterocycles. The predicted octanol–water partition coefficient (Wildman–Crippen LogP) is 6.37. The van der Waals surface area contributed by atoms with Crippen molar-refractivity contribution in [3.63, 3.8) is 0 Å². The molecule has 1 aromatic heterocycles. The van der Waals surface area contributed by atoms with Crippen LogP contribution in [-0.2, 0) is 13.1 Å². The van der Waals surface area contributed by atoms with Crippen LogP contribution in [0.2, 0.25) is 0 Å². The number of fused-ring (bicyclic) bond motifs is 1. The molecule has 1 fully saturated rings. The van der Waals surface area contributed by atoms with Crippen LogP contribution in [0.3, 0.4) is 0 Å². The first-order valence-electron chi connectivity index (χ1n) is 10.7. The number of hydrogen-bond acceptors (Lipinski definition) is 1. The quantitative estimate of drug-likeness (QED) is 0.473. The van der Waals surface area contributed by atoms with E-state index in [0.29, 0.717) is 0 Å². The van der Waals surface area contributed by atoms with Gasteiger partial charge >= 0.3 is 0 Å². The molecule has 3 heteroatoms. The molecular weight excluding hydrogens is 323 g/mol. The fraction of sp³-hybridized carbons (Fsp3) is 0.652. The summed E-state index contributed by atoms with van der Waals surface area (Å²) in [6.07, 6.45) is 12.7. The maximum atomic E-state index is 13.9. The minimum Gasteiger partial charge on any atom is -0.347 e. The Hall–Kier alpha value is -1.35. The van der Waals surface area contributed by atoms with Crippen LogP contribution >= 0.6 is 0 Å². The van der Waals surface area contributed by atoms with Gasteiger partial charge in [0.15, 0.2) is 0 Å². The van der Waals surface area contributed by atoms with E-state index in [1.54, 1.807) is 12.1 Å². The Morgan fingerprint density at radius 1 is 1.04 bits per heavy atom. The summed E-state index contributed by atoms with van der Waals surface area (Å²) in [5.74, 6) is 0.723. The number of aryl methyl sites for hydroxylation is 1. The fourth-order valence-corrected chi connectivity index (χ4v) is 4.18. The summed E-state index contributed by atoms with van der Waals surface area (Å²) in [5.41, 5.74) is 2.49. The first-order chi connectivity index (χ1) is 12.7. The van der Waals surface area contributed by atoms with Gasteiger partial charge in [0.1, 0.15) is 5.82 Å². The molecule has 0 N–H and O–H groups in total. The van der Waals surface area contributed by atoms with E-state index in [0.717, 1.165) is 24.4 Å². The van der Waals surface area contributed by atoms with Gasteiger partial charge in [0.2, 0.25) is 0 Å². The molecule has 3 rings (SSSR count). The van der Waals surface area contributed by atoms with Gasteiger partial charge in [0.25, 0.3) is 0 Å². The number of benzene rings is 1. The van der Waals surface area contributed by atoms with E-state index in [1.807, 2.05) is 6.07 Å². The largest absolute Gasteiger partial charge is 0.347 e. The van der Waals surface area contributed by atoms with Crippen molar-refractivity contribution in [1.29, 1.82) is 0 Å². The Balaban J connectivity index is 1.66. The summed E-state index contributed by atoms with van der Waals surface area (Å²) in [6, 6.07) is 5.30. The molecule has 1 aromatic carbocycles. The Morgan fingerprint density at radius 2 is 1.77 bits per heavy atom. The third-order valence-corrected chi connectivity index (χ3v) is 5.95. The van der Waals surface area contributed by atoms with Gasteiger partial charge in [-0.1, -0.05) is 46.0 Å². The Morgan fingerprint density at radius 3 is 2.54 bits per heavy atom. The molecule has 1 aliphatic rings. The molecular formula is C23H35FN2. The van der Waals surface area contributed by atoms with E-state index in [-0.39, 0.29) is 5.82 Å². The Kier molecular flexibility index (Phi) is 7.13. The van der Waals surface area contributed by atoms with E-state index in [1.165, 1.54) is 75.5 Å². The minimum absolute atomic E-state index is 0.122. The number of hydrogen-bond donors (Lipinski definition) is 0. The third kappa shape index (κ3) is 5.09. The second-order valence-corrected chi connectivity index (χ2v) is 8.24. The van der Waals surface area contributed by atoms with Crippen molar-refractivity contribution < 1.29 is 4.39 Å². The van der Waals surface area contributed by atoms with E-state index < -0.39 is 0 Å². The van der Waals surface area contributed by atoms with Gasteiger partial charge in [0, 0.05) is 30.2 Å². The number of piperidine rings is 1. The average molecular weight is 359 g/mol. The smallest absolute Gasteiger partial charge is 0.123 e. The van der Waals surface area contributed by atoms with Gasteiger partial charge < -0.3 is 4.57 Å². The summed E-state index contributed by atoms with van der Waals surface area (Å²) >= 11 is 0. The van der Waals surface area contributed by atoms with Gasteiger partial charge in [-0.3, -0.25) is 4.90 Å². The molecule has 0 radical (unpaired) electrons. The molecule has 0 spiro atoms. The van der Waals surface area contributed by atoms with E-state index >= 15 is 0 Å². The second kappa shape index (κ2) is 9.55. The highest BCUT2D eigenvalue weighted by Crippen LogP contribution is 2.26. The average Bonchev–Trinajstić information content (AvgIpc) is 2.97. The molecule has 1 aliphatic heterocycles. The monoisotopic (exact) mass is 358 g/mol. The molecule has 0 atom stereocenters. The molecule has 0 bridgehead atoms. The zero-order chi connectivity index (χ0) is 18.4. The molecule has 2 aromatic rings. The zero-order valence-electron chi connectivity index (χ0n) is 16.6. The summed E-state index contributed by atoms with van der Waals surface area (Å²) < 4.78 is 16.2. The van der Waals surface area contributed by atoms with E-state index in [4.69, 9.17) is 0 Å². The minimum atomic E-state index is -0.122. The van der Waals surface area contributed by atoms with Gasteiger partial charge in [-0.25, -0.2) is 4.39 Å². The maximum Gasteiger partial charge on any atom is 0.123 e. The van der Waals surface area contributed by atoms with Crippen molar-refractivity contribution in [1.82, 2.24) is 9.47 Å². The van der Waals surface area contributed by atoms with E-state index in [9.17, 15) is 4.39 Å². The van der Waals surface area contributed by atoms with Crippen molar-refractivity contribution in [2.45, 2.75) is 78.3 Å². The number of rotatable bonds is 9. The van der Waals surface area contributed by atoms with Gasteiger partial charge in [-0.05, 0) is 62.0 Å². The van der Waals surface area contributed by atoms with Crippen LogP contribution in [-0.4, -0.2) is 22.6 Å². The SMILES string of the molecule is CCCCCCCCn1cc(CN2CCC(C)CC2)c2cc(F)ccc21. The summed E-state index contributed by atoms with van der Waals surface area (Å²) in [6.45, 7) is 8.94. The normalized spacial score (nSPS) is 16.6. The topological polar surface area (TPSA) is 8.17 Å². The lowest BCUT2D eigenvalue weighted by atomic mass is 9.99. The summed E-state index contributed by atoms with van der Waals surface area (Å²) in [4.78, 5) is 2.54. The number of halogens is 1. The van der Waals surface area contributed by atoms with Gasteiger partial charge in [-0.15, -0.1) is 0 Å². The molecule has 144 valence electrons. The van der Waals surface area contributed by atoms with Gasteiger partial charge in [-0.2, -0.15) is 0 Å². The summed E-state index contributed by atoms with van der Waals surface area (Å²) in [7, 11) is 0. The highest BCUT2D eigenvalue weighted by atomic mass is 19.1. The van der Waals surface area contributed by atoms with Crippen LogP contribution in [0.25, 0.3) is 10.9 Å². The van der Waals surface area contributed by atoms with Gasteiger partial charge in [0.05, 0.1) is 0 Å². The third-order valence-electron chi connectivity index (χ3n) is 5.95. The predicted molar refractivity (Wildman–Crippen MR) is 109 cm³/mol. The molecule has 0 aliphatic carbocycles. The first kappa shape index (κ1) is 19.4. The van der Waals surface area contributed by atoms with Crippen LogP contribution < -0.4 is 0 Å². The first-order valence-corrected chi connectivity index (χ1v) is 10.7. The lowest BCUT2D eigenvalue weighted by molar-refractivity contribution is 0.186. The molecule has 0 amide bonds. The number of nitrogens with zero attached hydrogens (tertiary/aromatic N) is 2. The van der Waals surface area contributed by atoms with Crippen molar-refractivity contribution in [2.24, 2.45) is 5.92 Å². The van der Waals surface area contributed by atoms with Crippen LogP contribution in [0.5, 0.6) is 0 Å². The standard InChI is InChI=1S/C23H35FN2/c1-3-4-5-6-7-8-13-26-18-20(17-25-14-11-19(2)12-15-25)22-16-21(24)9-10-23(22)26/h9-10,16,18-19H,3-8,11-15,17H2,1-2H3. The lowest BCUT2D eigenvalue weighted by Gasteiger charge is -2.29. The second-order valence-electron chi connectivity index (χ2n) is 8.24. The van der Waals surface area contributed by atoms with Crippen molar-refractivity contribution >= 4 is 10.9 Å². The Labute approximate surface area is 158 Å². The molecule has 0 unspecified atom stereocenters. The molecule has 2 heterocycles. The van der Waals surface area contributed by atoms with Crippen molar-refractivity contribution in [2.75, 3.05) is 13.1 Å². The maximum absolute atomic E-state index is 13.9. The lowest BCUT2D eigenvalue weighted by Crippen LogP contribution is -2.32. The zero-order valence-corrected chi connectivity index (χ0v) is 16.6. The van der Waals surface area contributed by atoms with Crippen LogP contribution in [0, 0.1) is 11.7 Å². The van der Waals surface area contributed by atoms with Crippen molar-refractivity contribution in [3.8, 4) is 0 Å². The Bertz CT molecular complexity index is 683. The van der Waals surface area contributed by atoms with Crippen LogP contribution in [0.4, 0.5) is 4.39 Å². The van der Waals surface area contributed by atoms with Crippen LogP contribution in [0.15, 0.2) is 24.4 Å². The van der Waals surface area contributed by atoms with Crippen molar-refractivity contribution in [3.05, 3.63) is 35.8 Å². The van der Waals surface area contributed by atoms with E-state index in [2.05, 4.69) is 29.5 Å². The molecule has 2 nitrogen and oxygen atoms in total.